The number of hydrogen-bond acceptors (Lipinski definition) is 6. The number of hydrogen-bond donors (Lipinski definition) is 2. The van der Waals surface area contributed by atoms with Crippen LogP contribution in [0.3, 0.4) is 0 Å². The minimum atomic E-state index is 0.778. The predicted octanol–water partition coefficient (Wildman–Crippen LogP) is 5.61. The van der Waals surface area contributed by atoms with Crippen LogP contribution >= 0.6 is 0 Å². The van der Waals surface area contributed by atoms with Crippen molar-refractivity contribution >= 4 is 22.1 Å². The minimum absolute atomic E-state index is 0.778. The molecule has 1 fully saturated rings. The van der Waals surface area contributed by atoms with Gasteiger partial charge in [-0.3, -0.25) is 19.9 Å². The van der Waals surface area contributed by atoms with E-state index in [1.807, 2.05) is 49.3 Å². The normalized spacial score (nSPS) is 14.5. The minimum Gasteiger partial charge on any atom is -0.345 e. The highest BCUT2D eigenvalue weighted by atomic mass is 15.1. The topological polar surface area (TPSA) is 99.3 Å². The molecule has 7 heterocycles. The molecule has 0 radical (unpaired) electrons. The van der Waals surface area contributed by atoms with Crippen LogP contribution in [-0.4, -0.2) is 52.9 Å². The molecule has 8 nitrogen and oxygen atoms in total. The predicted molar refractivity (Wildman–Crippen MR) is 145 cm³/mol. The van der Waals surface area contributed by atoms with E-state index >= 15 is 0 Å². The Labute approximate surface area is 213 Å². The van der Waals surface area contributed by atoms with E-state index in [2.05, 4.69) is 42.0 Å². The van der Waals surface area contributed by atoms with E-state index in [-0.39, 0.29) is 0 Å². The summed E-state index contributed by atoms with van der Waals surface area (Å²) >= 11 is 0. The van der Waals surface area contributed by atoms with E-state index in [4.69, 9.17) is 9.97 Å². The maximum atomic E-state index is 4.98. The van der Waals surface area contributed by atoms with E-state index in [1.165, 1.54) is 37.9 Å². The fourth-order valence-corrected chi connectivity index (χ4v) is 5.27. The maximum Gasteiger partial charge on any atom is 0.140 e. The monoisotopic (exact) mass is 486 g/mol. The molecule has 0 bridgehead atoms. The zero-order valence-corrected chi connectivity index (χ0v) is 20.4. The van der Waals surface area contributed by atoms with Crippen molar-refractivity contribution in [1.29, 1.82) is 0 Å². The van der Waals surface area contributed by atoms with Gasteiger partial charge < -0.3 is 9.97 Å². The zero-order valence-electron chi connectivity index (χ0n) is 20.4. The molecule has 1 aliphatic rings. The number of likely N-dealkylation sites (tertiary alicyclic amines) is 1. The number of piperidine rings is 1. The summed E-state index contributed by atoms with van der Waals surface area (Å²) in [5, 5.41) is 1.01. The summed E-state index contributed by atoms with van der Waals surface area (Å²) in [6.07, 6.45) is 18.9. The lowest BCUT2D eigenvalue weighted by atomic mass is 10.0. The quantitative estimate of drug-likeness (QED) is 0.329. The highest BCUT2D eigenvalue weighted by molar-refractivity contribution is 5.98. The molecule has 1 saturated heterocycles. The van der Waals surface area contributed by atoms with Gasteiger partial charge in [0.25, 0.3) is 0 Å². The van der Waals surface area contributed by atoms with Crippen LogP contribution in [0.25, 0.3) is 55.7 Å². The van der Waals surface area contributed by atoms with E-state index in [0.717, 1.165) is 62.3 Å². The van der Waals surface area contributed by atoms with Crippen LogP contribution in [-0.2, 0) is 6.54 Å². The Morgan fingerprint density at radius 3 is 2.51 bits per heavy atom. The fraction of sp³-hybridized carbons (Fsp3) is 0.207. The van der Waals surface area contributed by atoms with Crippen molar-refractivity contribution in [3.8, 4) is 33.6 Å². The van der Waals surface area contributed by atoms with Crippen molar-refractivity contribution in [1.82, 2.24) is 39.8 Å². The van der Waals surface area contributed by atoms with Crippen molar-refractivity contribution < 1.29 is 0 Å². The largest absolute Gasteiger partial charge is 0.345 e. The molecule has 0 unspecified atom stereocenters. The highest BCUT2D eigenvalue weighted by Crippen LogP contribution is 2.33. The molecule has 0 atom stereocenters. The van der Waals surface area contributed by atoms with Gasteiger partial charge in [-0.15, -0.1) is 0 Å². The van der Waals surface area contributed by atoms with Gasteiger partial charge in [-0.25, -0.2) is 9.97 Å². The molecular weight excluding hydrogens is 460 g/mol. The third-order valence-corrected chi connectivity index (χ3v) is 7.15. The van der Waals surface area contributed by atoms with Crippen LogP contribution in [0, 0.1) is 0 Å². The molecule has 0 aromatic carbocycles. The molecular formula is C29H26N8. The van der Waals surface area contributed by atoms with Gasteiger partial charge >= 0.3 is 0 Å². The Morgan fingerprint density at radius 1 is 0.784 bits per heavy atom. The van der Waals surface area contributed by atoms with Gasteiger partial charge in [0, 0.05) is 77.6 Å². The number of pyridine rings is 4. The van der Waals surface area contributed by atoms with Crippen LogP contribution in [0.4, 0.5) is 0 Å². The van der Waals surface area contributed by atoms with Crippen LogP contribution < -0.4 is 0 Å². The standard InChI is InChI=1S/C29H26N8/c1-2-8-37(9-3-1)18-19-10-21(13-31-12-19)22-11-23-25(16-34-28(23)33-14-22)29-35-26-17-32-15-24(27(26)36-29)20-4-6-30-7-5-20/h4-7,10-17H,1-3,8-9,18H2,(H,33,34)(H,35,36). The molecule has 7 rings (SSSR count). The molecule has 0 saturated carbocycles. The SMILES string of the molecule is c1cc(-c2cncc3[nH]c(-c4c[nH]c5ncc(-c6cncc(CN7CCCCC7)c6)cc45)nc23)ccn1. The molecule has 8 heteroatoms. The van der Waals surface area contributed by atoms with Gasteiger partial charge in [0.2, 0.25) is 0 Å². The Bertz CT molecular complexity index is 1700. The van der Waals surface area contributed by atoms with Gasteiger partial charge in [0.15, 0.2) is 0 Å². The summed E-state index contributed by atoms with van der Waals surface area (Å²) < 4.78 is 0. The summed E-state index contributed by atoms with van der Waals surface area (Å²) in [5.74, 6) is 0.778. The van der Waals surface area contributed by atoms with E-state index in [1.54, 1.807) is 12.4 Å². The highest BCUT2D eigenvalue weighted by Gasteiger charge is 2.16. The molecule has 0 amide bonds. The molecule has 2 N–H and O–H groups in total. The Morgan fingerprint density at radius 2 is 1.62 bits per heavy atom. The number of H-pyrrole nitrogens is 2. The summed E-state index contributed by atoms with van der Waals surface area (Å²) in [6, 6.07) is 8.36. The smallest absolute Gasteiger partial charge is 0.140 e. The van der Waals surface area contributed by atoms with Gasteiger partial charge in [-0.05, 0) is 61.3 Å². The number of nitrogens with one attached hydrogen (secondary N) is 2. The molecule has 6 aromatic heterocycles. The molecule has 6 aromatic rings. The molecule has 182 valence electrons. The van der Waals surface area contributed by atoms with E-state index < -0.39 is 0 Å². The summed E-state index contributed by atoms with van der Waals surface area (Å²) in [6.45, 7) is 3.28. The van der Waals surface area contributed by atoms with Crippen LogP contribution in [0.2, 0.25) is 0 Å². The maximum absolute atomic E-state index is 4.98. The Kier molecular flexibility index (Phi) is 5.44. The molecule has 0 aliphatic carbocycles. The van der Waals surface area contributed by atoms with Gasteiger partial charge in [-0.1, -0.05) is 6.42 Å². The lowest BCUT2D eigenvalue weighted by Gasteiger charge is -2.26. The number of fused-ring (bicyclic) bond motifs is 2. The van der Waals surface area contributed by atoms with Crippen LogP contribution in [0.5, 0.6) is 0 Å². The summed E-state index contributed by atoms with van der Waals surface area (Å²) in [4.78, 5) is 32.1. The molecule has 37 heavy (non-hydrogen) atoms. The van der Waals surface area contributed by atoms with Crippen molar-refractivity contribution in [2.24, 2.45) is 0 Å². The molecule has 0 spiro atoms. The third-order valence-electron chi connectivity index (χ3n) is 7.15. The second-order valence-electron chi connectivity index (χ2n) is 9.65. The first kappa shape index (κ1) is 21.8. The van der Waals surface area contributed by atoms with E-state index in [9.17, 15) is 0 Å². The Hall–Kier alpha value is -4.43. The third kappa shape index (κ3) is 4.15. The lowest BCUT2D eigenvalue weighted by molar-refractivity contribution is 0.220. The summed E-state index contributed by atoms with van der Waals surface area (Å²) in [7, 11) is 0. The van der Waals surface area contributed by atoms with Crippen molar-refractivity contribution in [2.45, 2.75) is 25.8 Å². The molecule has 1 aliphatic heterocycles. The van der Waals surface area contributed by atoms with E-state index in [0.29, 0.717) is 0 Å². The number of rotatable bonds is 5. The average molecular weight is 487 g/mol. The number of nitrogens with zero attached hydrogens (tertiary/aromatic N) is 6. The lowest BCUT2D eigenvalue weighted by Crippen LogP contribution is -2.29. The van der Waals surface area contributed by atoms with Crippen molar-refractivity contribution in [2.75, 3.05) is 13.1 Å². The first-order chi connectivity index (χ1) is 18.3. The average Bonchev–Trinajstić information content (AvgIpc) is 3.58. The number of imidazole rings is 1. The fourth-order valence-electron chi connectivity index (χ4n) is 5.27. The first-order valence-electron chi connectivity index (χ1n) is 12.7. The van der Waals surface area contributed by atoms with Gasteiger partial charge in [-0.2, -0.15) is 0 Å². The second-order valence-corrected chi connectivity index (χ2v) is 9.65. The number of aromatic nitrogens is 7. The Balaban J connectivity index is 1.26. The van der Waals surface area contributed by atoms with Crippen molar-refractivity contribution in [3.63, 3.8) is 0 Å². The van der Waals surface area contributed by atoms with Gasteiger partial charge in [0.1, 0.15) is 11.5 Å². The number of aromatic amines is 2. The second kappa shape index (κ2) is 9.22. The first-order valence-corrected chi connectivity index (χ1v) is 12.7. The summed E-state index contributed by atoms with van der Waals surface area (Å²) in [5.41, 5.74) is 8.91. The van der Waals surface area contributed by atoms with Crippen molar-refractivity contribution in [3.05, 3.63) is 79.4 Å². The van der Waals surface area contributed by atoms with Crippen LogP contribution in [0.1, 0.15) is 24.8 Å². The van der Waals surface area contributed by atoms with Gasteiger partial charge in [0.05, 0.1) is 17.2 Å². The zero-order chi connectivity index (χ0) is 24.6. The van der Waals surface area contributed by atoms with Crippen LogP contribution in [0.15, 0.2) is 73.8 Å².